The van der Waals surface area contributed by atoms with E-state index in [1.165, 1.54) is 17.0 Å². The zero-order valence-corrected chi connectivity index (χ0v) is 20.5. The fraction of sp³-hybridized carbons (Fsp3) is 0.400. The third-order valence-corrected chi connectivity index (χ3v) is 7.86. The topological polar surface area (TPSA) is 104 Å². The van der Waals surface area contributed by atoms with Gasteiger partial charge in [-0.3, -0.25) is 14.4 Å². The van der Waals surface area contributed by atoms with Gasteiger partial charge in [-0.2, -0.15) is 0 Å². The Kier molecular flexibility index (Phi) is 8.09. The largest absolute Gasteiger partial charge is 0.352 e. The highest BCUT2D eigenvalue weighted by atomic mass is 32.2. The van der Waals surface area contributed by atoms with Crippen LogP contribution in [0.25, 0.3) is 0 Å². The van der Waals surface area contributed by atoms with Gasteiger partial charge in [0.25, 0.3) is 15.9 Å². The van der Waals surface area contributed by atoms with Crippen LogP contribution in [-0.2, 0) is 26.2 Å². The molecule has 1 heterocycles. The van der Waals surface area contributed by atoms with Gasteiger partial charge < -0.3 is 10.2 Å². The summed E-state index contributed by atoms with van der Waals surface area (Å²) in [5.41, 5.74) is 0.957. The Balaban J connectivity index is 1.81. The van der Waals surface area contributed by atoms with Crippen LogP contribution in [0.2, 0.25) is 0 Å². The number of amides is 3. The van der Waals surface area contributed by atoms with Crippen LogP contribution in [0, 0.1) is 0 Å². The molecular formula is C25H31N3O5S. The van der Waals surface area contributed by atoms with Crippen molar-refractivity contribution in [2.75, 3.05) is 6.54 Å². The van der Waals surface area contributed by atoms with Crippen LogP contribution in [0.1, 0.15) is 56.0 Å². The number of carbonyl (C=O) groups excluding carboxylic acids is 3. The van der Waals surface area contributed by atoms with E-state index in [2.05, 4.69) is 5.32 Å². The predicted octanol–water partition coefficient (Wildman–Crippen LogP) is 2.94. The van der Waals surface area contributed by atoms with Crippen molar-refractivity contribution in [3.05, 3.63) is 65.7 Å². The van der Waals surface area contributed by atoms with Crippen molar-refractivity contribution in [2.45, 2.75) is 63.6 Å². The molecule has 8 nitrogen and oxygen atoms in total. The van der Waals surface area contributed by atoms with Gasteiger partial charge in [0.05, 0.1) is 5.56 Å². The number of rotatable bonds is 10. The highest BCUT2D eigenvalue weighted by molar-refractivity contribution is 7.90. The van der Waals surface area contributed by atoms with Crippen molar-refractivity contribution < 1.29 is 22.8 Å². The number of nitrogens with zero attached hydrogens (tertiary/aromatic N) is 2. The maximum atomic E-state index is 13.4. The molecule has 0 saturated heterocycles. The first kappa shape index (κ1) is 25.4. The Morgan fingerprint density at radius 2 is 1.65 bits per heavy atom. The quantitative estimate of drug-likeness (QED) is 0.557. The second-order valence-corrected chi connectivity index (χ2v) is 10.2. The lowest BCUT2D eigenvalue weighted by Crippen LogP contribution is -2.51. The first-order valence-electron chi connectivity index (χ1n) is 11.5. The van der Waals surface area contributed by atoms with Gasteiger partial charge in [-0.05, 0) is 37.5 Å². The number of sulfonamides is 1. The molecule has 2 aromatic carbocycles. The predicted molar refractivity (Wildman–Crippen MR) is 128 cm³/mol. The Hall–Kier alpha value is -3.20. The molecule has 182 valence electrons. The van der Waals surface area contributed by atoms with Crippen LogP contribution < -0.4 is 5.32 Å². The Bertz CT molecular complexity index is 1150. The fourth-order valence-corrected chi connectivity index (χ4v) is 5.50. The summed E-state index contributed by atoms with van der Waals surface area (Å²) >= 11 is 0. The van der Waals surface area contributed by atoms with Gasteiger partial charge >= 0.3 is 0 Å². The van der Waals surface area contributed by atoms with Gasteiger partial charge in [-0.15, -0.1) is 0 Å². The molecule has 2 aromatic rings. The van der Waals surface area contributed by atoms with E-state index in [0.29, 0.717) is 6.42 Å². The van der Waals surface area contributed by atoms with E-state index in [9.17, 15) is 22.8 Å². The number of hydrogen-bond acceptors (Lipinski definition) is 5. The fourth-order valence-electron chi connectivity index (χ4n) is 3.93. The minimum Gasteiger partial charge on any atom is -0.352 e. The van der Waals surface area contributed by atoms with Crippen molar-refractivity contribution in [3.63, 3.8) is 0 Å². The molecule has 0 saturated carbocycles. The van der Waals surface area contributed by atoms with Gasteiger partial charge in [0.2, 0.25) is 11.8 Å². The number of carbonyl (C=O) groups is 3. The third kappa shape index (κ3) is 5.30. The standard InChI is InChI=1S/C25H31N3O5S/c1-4-18(3)26-24(30)21(5-2)27(17-19-11-7-6-8-12-19)23(29)15-16-28-25(31)20-13-9-10-14-22(20)34(28,32)33/h6-14,18,21H,4-5,15-17H2,1-3H3,(H,26,30)/t18-,21-/m0/s1. The summed E-state index contributed by atoms with van der Waals surface area (Å²) in [6, 6.07) is 14.6. The van der Waals surface area contributed by atoms with Crippen molar-refractivity contribution in [2.24, 2.45) is 0 Å². The Morgan fingerprint density at radius 3 is 2.26 bits per heavy atom. The summed E-state index contributed by atoms with van der Waals surface area (Å²) in [5.74, 6) is -1.29. The average Bonchev–Trinajstić information content (AvgIpc) is 3.03. The molecule has 34 heavy (non-hydrogen) atoms. The van der Waals surface area contributed by atoms with Crippen LogP contribution in [-0.4, -0.2) is 54.0 Å². The molecule has 1 aliphatic rings. The lowest BCUT2D eigenvalue weighted by molar-refractivity contribution is -0.141. The molecule has 0 spiro atoms. The molecular weight excluding hydrogens is 454 g/mol. The van der Waals surface area contributed by atoms with Crippen LogP contribution in [0.5, 0.6) is 0 Å². The zero-order chi connectivity index (χ0) is 24.9. The molecule has 0 bridgehead atoms. The highest BCUT2D eigenvalue weighted by Gasteiger charge is 2.41. The van der Waals surface area contributed by atoms with Crippen molar-refractivity contribution in [1.29, 1.82) is 0 Å². The monoisotopic (exact) mass is 485 g/mol. The van der Waals surface area contributed by atoms with E-state index < -0.39 is 27.9 Å². The normalized spacial score (nSPS) is 16.0. The zero-order valence-electron chi connectivity index (χ0n) is 19.7. The van der Waals surface area contributed by atoms with E-state index in [1.54, 1.807) is 12.1 Å². The molecule has 3 rings (SSSR count). The summed E-state index contributed by atoms with van der Waals surface area (Å²) in [5, 5.41) is 2.94. The first-order valence-corrected chi connectivity index (χ1v) is 12.9. The van der Waals surface area contributed by atoms with Gasteiger partial charge in [0.1, 0.15) is 10.9 Å². The number of nitrogens with one attached hydrogen (secondary N) is 1. The number of benzene rings is 2. The minimum absolute atomic E-state index is 0.0407. The molecule has 0 radical (unpaired) electrons. The second kappa shape index (κ2) is 10.8. The van der Waals surface area contributed by atoms with Crippen LogP contribution in [0.15, 0.2) is 59.5 Å². The average molecular weight is 486 g/mol. The summed E-state index contributed by atoms with van der Waals surface area (Å²) in [7, 11) is -4.00. The highest BCUT2D eigenvalue weighted by Crippen LogP contribution is 2.30. The Morgan fingerprint density at radius 1 is 1.00 bits per heavy atom. The van der Waals surface area contributed by atoms with Gasteiger partial charge in [-0.1, -0.05) is 56.3 Å². The number of hydrogen-bond donors (Lipinski definition) is 1. The smallest absolute Gasteiger partial charge is 0.269 e. The first-order chi connectivity index (χ1) is 16.2. The lowest BCUT2D eigenvalue weighted by Gasteiger charge is -2.32. The van der Waals surface area contributed by atoms with Crippen LogP contribution >= 0.6 is 0 Å². The molecule has 1 aliphatic heterocycles. The second-order valence-electron chi connectivity index (χ2n) is 8.38. The van der Waals surface area contributed by atoms with E-state index in [1.807, 2.05) is 51.1 Å². The molecule has 0 unspecified atom stereocenters. The molecule has 9 heteroatoms. The van der Waals surface area contributed by atoms with Crippen LogP contribution in [0.4, 0.5) is 0 Å². The van der Waals surface area contributed by atoms with E-state index in [4.69, 9.17) is 0 Å². The summed E-state index contributed by atoms with van der Waals surface area (Å²) < 4.78 is 26.4. The number of fused-ring (bicyclic) bond motifs is 1. The van der Waals surface area contributed by atoms with Gasteiger partial charge in [0.15, 0.2) is 0 Å². The van der Waals surface area contributed by atoms with Crippen molar-refractivity contribution >= 4 is 27.7 Å². The molecule has 0 aliphatic carbocycles. The third-order valence-electron chi connectivity index (χ3n) is 6.02. The molecule has 0 fully saturated rings. The molecule has 2 atom stereocenters. The Labute approximate surface area is 201 Å². The maximum Gasteiger partial charge on any atom is 0.269 e. The lowest BCUT2D eigenvalue weighted by atomic mass is 10.1. The van der Waals surface area contributed by atoms with E-state index >= 15 is 0 Å². The van der Waals surface area contributed by atoms with Crippen molar-refractivity contribution in [3.8, 4) is 0 Å². The molecule has 1 N–H and O–H groups in total. The summed E-state index contributed by atoms with van der Waals surface area (Å²) in [6.07, 6.45) is 0.927. The molecule has 0 aromatic heterocycles. The summed E-state index contributed by atoms with van der Waals surface area (Å²) in [6.45, 7) is 5.60. The minimum atomic E-state index is -4.00. The van der Waals surface area contributed by atoms with E-state index in [0.717, 1.165) is 16.3 Å². The van der Waals surface area contributed by atoms with E-state index in [-0.39, 0.29) is 41.9 Å². The van der Waals surface area contributed by atoms with Gasteiger partial charge in [-0.25, -0.2) is 12.7 Å². The maximum absolute atomic E-state index is 13.4. The van der Waals surface area contributed by atoms with Crippen molar-refractivity contribution in [1.82, 2.24) is 14.5 Å². The van der Waals surface area contributed by atoms with Crippen LogP contribution in [0.3, 0.4) is 0 Å². The molecule has 3 amide bonds. The SMILES string of the molecule is CC[C@H](C)NC(=O)[C@H](CC)N(Cc1ccccc1)C(=O)CCN1C(=O)c2ccccc2S1(=O)=O. The van der Waals surface area contributed by atoms with Gasteiger partial charge in [0, 0.05) is 25.6 Å². The summed E-state index contributed by atoms with van der Waals surface area (Å²) in [4.78, 5) is 40.5.